The van der Waals surface area contributed by atoms with Gasteiger partial charge in [0.05, 0.1) is 17.7 Å². The van der Waals surface area contributed by atoms with Crippen LogP contribution in [0.5, 0.6) is 17.4 Å². The third-order valence-electron chi connectivity index (χ3n) is 2.60. The van der Waals surface area contributed by atoms with Crippen LogP contribution in [0.15, 0.2) is 41.0 Å². The summed E-state index contributed by atoms with van der Waals surface area (Å²) in [4.78, 5) is 4.14. The number of methoxy groups -OCH3 is 1. The minimum absolute atomic E-state index is 0.468. The molecule has 0 saturated heterocycles. The number of aliphatic hydroxyl groups excluding tert-OH is 1. The van der Waals surface area contributed by atoms with Gasteiger partial charge in [0.25, 0.3) is 0 Å². The van der Waals surface area contributed by atoms with E-state index in [9.17, 15) is 5.11 Å². The molecule has 0 radical (unpaired) electrons. The first-order valence-electron chi connectivity index (χ1n) is 5.75. The maximum absolute atomic E-state index is 9.40. The summed E-state index contributed by atoms with van der Waals surface area (Å²) >= 11 is 3.41. The molecule has 100 valence electrons. The van der Waals surface area contributed by atoms with E-state index in [4.69, 9.17) is 9.47 Å². The van der Waals surface area contributed by atoms with Crippen LogP contribution in [-0.4, -0.2) is 17.2 Å². The molecule has 0 aliphatic carbocycles. The van der Waals surface area contributed by atoms with Crippen molar-refractivity contribution in [3.63, 3.8) is 0 Å². The number of benzene rings is 1. The number of hydrogen-bond acceptors (Lipinski definition) is 4. The molecule has 1 heterocycles. The Hall–Kier alpha value is -1.59. The summed E-state index contributed by atoms with van der Waals surface area (Å²) < 4.78 is 11.5. The van der Waals surface area contributed by atoms with E-state index >= 15 is 0 Å². The number of halogens is 1. The standard InChI is InChI=1S/C14H14BrNO3/c1-9(17)10-3-6-14(16-8-10)19-13-5-4-11(18-2)7-12(13)15/h3-9,17H,1-2H3/t9-/m1/s1. The molecule has 19 heavy (non-hydrogen) atoms. The lowest BCUT2D eigenvalue weighted by molar-refractivity contribution is 0.198. The Labute approximate surface area is 120 Å². The van der Waals surface area contributed by atoms with Crippen LogP contribution in [-0.2, 0) is 0 Å². The first-order chi connectivity index (χ1) is 9.10. The van der Waals surface area contributed by atoms with Gasteiger partial charge < -0.3 is 14.6 Å². The van der Waals surface area contributed by atoms with Crippen LogP contribution >= 0.6 is 15.9 Å². The highest BCUT2D eigenvalue weighted by atomic mass is 79.9. The summed E-state index contributed by atoms with van der Waals surface area (Å²) in [5.74, 6) is 1.87. The fraction of sp³-hybridized carbons (Fsp3) is 0.214. The van der Waals surface area contributed by atoms with Crippen LogP contribution < -0.4 is 9.47 Å². The Bertz CT molecular complexity index is 555. The summed E-state index contributed by atoms with van der Waals surface area (Å²) in [6.07, 6.45) is 1.06. The first-order valence-corrected chi connectivity index (χ1v) is 6.55. The third-order valence-corrected chi connectivity index (χ3v) is 3.21. The van der Waals surface area contributed by atoms with Gasteiger partial charge in [-0.25, -0.2) is 4.98 Å². The van der Waals surface area contributed by atoms with Crippen molar-refractivity contribution in [1.29, 1.82) is 0 Å². The average Bonchev–Trinajstić information content (AvgIpc) is 2.41. The molecule has 0 aliphatic rings. The lowest BCUT2D eigenvalue weighted by Crippen LogP contribution is -1.94. The van der Waals surface area contributed by atoms with Gasteiger partial charge in [-0.2, -0.15) is 0 Å². The van der Waals surface area contributed by atoms with E-state index in [1.54, 1.807) is 38.4 Å². The molecular weight excluding hydrogens is 310 g/mol. The largest absolute Gasteiger partial charge is 0.497 e. The molecule has 0 saturated carbocycles. The number of aromatic nitrogens is 1. The van der Waals surface area contributed by atoms with E-state index in [1.165, 1.54) is 0 Å². The van der Waals surface area contributed by atoms with E-state index in [1.807, 2.05) is 12.1 Å². The van der Waals surface area contributed by atoms with Crippen molar-refractivity contribution in [2.45, 2.75) is 13.0 Å². The predicted octanol–water partition coefficient (Wildman–Crippen LogP) is 3.70. The Kier molecular flexibility index (Phi) is 4.39. The zero-order chi connectivity index (χ0) is 13.8. The monoisotopic (exact) mass is 323 g/mol. The lowest BCUT2D eigenvalue weighted by Gasteiger charge is -2.09. The summed E-state index contributed by atoms with van der Waals surface area (Å²) in [6.45, 7) is 1.69. The van der Waals surface area contributed by atoms with Crippen molar-refractivity contribution in [3.05, 3.63) is 46.6 Å². The number of aliphatic hydroxyl groups is 1. The highest BCUT2D eigenvalue weighted by Crippen LogP contribution is 2.32. The van der Waals surface area contributed by atoms with Crippen molar-refractivity contribution < 1.29 is 14.6 Å². The average molecular weight is 324 g/mol. The molecule has 1 aromatic carbocycles. The van der Waals surface area contributed by atoms with Crippen molar-refractivity contribution in [1.82, 2.24) is 4.98 Å². The molecule has 1 N–H and O–H groups in total. The number of rotatable bonds is 4. The Morgan fingerprint density at radius 3 is 2.58 bits per heavy atom. The fourth-order valence-electron chi connectivity index (χ4n) is 1.50. The number of hydrogen-bond donors (Lipinski definition) is 1. The molecule has 0 bridgehead atoms. The van der Waals surface area contributed by atoms with E-state index in [2.05, 4.69) is 20.9 Å². The van der Waals surface area contributed by atoms with Crippen LogP contribution in [0.25, 0.3) is 0 Å². The molecule has 0 aliphatic heterocycles. The van der Waals surface area contributed by atoms with E-state index in [0.717, 1.165) is 15.8 Å². The second-order valence-corrected chi connectivity index (χ2v) is 4.86. The van der Waals surface area contributed by atoms with Crippen LogP contribution in [0.1, 0.15) is 18.6 Å². The first kappa shape index (κ1) is 13.8. The molecule has 0 spiro atoms. The van der Waals surface area contributed by atoms with Crippen molar-refractivity contribution >= 4 is 15.9 Å². The van der Waals surface area contributed by atoms with E-state index < -0.39 is 6.10 Å². The van der Waals surface area contributed by atoms with Crippen LogP contribution in [0, 0.1) is 0 Å². The SMILES string of the molecule is COc1ccc(Oc2ccc([C@@H](C)O)cn2)c(Br)c1. The zero-order valence-electron chi connectivity index (χ0n) is 10.6. The summed E-state index contributed by atoms with van der Waals surface area (Å²) in [5.41, 5.74) is 0.751. The highest BCUT2D eigenvalue weighted by molar-refractivity contribution is 9.10. The van der Waals surface area contributed by atoms with Crippen LogP contribution in [0.2, 0.25) is 0 Å². The third kappa shape index (κ3) is 3.45. The quantitative estimate of drug-likeness (QED) is 0.932. The van der Waals surface area contributed by atoms with Gasteiger partial charge in [-0.3, -0.25) is 0 Å². The normalized spacial score (nSPS) is 12.0. The number of nitrogens with zero attached hydrogens (tertiary/aromatic N) is 1. The van der Waals surface area contributed by atoms with Gasteiger partial charge in [-0.05, 0) is 52.7 Å². The highest BCUT2D eigenvalue weighted by Gasteiger charge is 2.06. The molecular formula is C14H14BrNO3. The predicted molar refractivity (Wildman–Crippen MR) is 75.6 cm³/mol. The molecule has 1 atom stereocenters. The van der Waals surface area contributed by atoms with Crippen molar-refractivity contribution in [2.75, 3.05) is 7.11 Å². The number of ether oxygens (including phenoxy) is 2. The minimum atomic E-state index is -0.533. The Morgan fingerprint density at radius 1 is 1.26 bits per heavy atom. The Morgan fingerprint density at radius 2 is 2.05 bits per heavy atom. The van der Waals surface area contributed by atoms with E-state index in [0.29, 0.717) is 11.6 Å². The molecule has 0 fully saturated rings. The molecule has 1 aromatic heterocycles. The van der Waals surface area contributed by atoms with E-state index in [-0.39, 0.29) is 0 Å². The van der Waals surface area contributed by atoms with Crippen molar-refractivity contribution in [2.24, 2.45) is 0 Å². The molecule has 0 unspecified atom stereocenters. The van der Waals surface area contributed by atoms with Gasteiger partial charge in [-0.15, -0.1) is 0 Å². The zero-order valence-corrected chi connectivity index (χ0v) is 12.2. The number of pyridine rings is 1. The molecule has 0 amide bonds. The smallest absolute Gasteiger partial charge is 0.219 e. The fourth-order valence-corrected chi connectivity index (χ4v) is 1.94. The molecule has 2 aromatic rings. The summed E-state index contributed by atoms with van der Waals surface area (Å²) in [6, 6.07) is 8.93. The molecule has 4 nitrogen and oxygen atoms in total. The van der Waals surface area contributed by atoms with Crippen LogP contribution in [0.4, 0.5) is 0 Å². The summed E-state index contributed by atoms with van der Waals surface area (Å²) in [5, 5.41) is 9.40. The van der Waals surface area contributed by atoms with Crippen molar-refractivity contribution in [3.8, 4) is 17.4 Å². The van der Waals surface area contributed by atoms with Gasteiger partial charge >= 0.3 is 0 Å². The Balaban J connectivity index is 2.16. The topological polar surface area (TPSA) is 51.6 Å². The second-order valence-electron chi connectivity index (χ2n) is 4.00. The van der Waals surface area contributed by atoms with Crippen LogP contribution in [0.3, 0.4) is 0 Å². The van der Waals surface area contributed by atoms with Gasteiger partial charge in [0.15, 0.2) is 0 Å². The minimum Gasteiger partial charge on any atom is -0.497 e. The molecule has 2 rings (SSSR count). The van der Waals surface area contributed by atoms with Gasteiger partial charge in [0.1, 0.15) is 11.5 Å². The van der Waals surface area contributed by atoms with Gasteiger partial charge in [-0.1, -0.05) is 0 Å². The van der Waals surface area contributed by atoms with Gasteiger partial charge in [0.2, 0.25) is 5.88 Å². The van der Waals surface area contributed by atoms with Gasteiger partial charge in [0, 0.05) is 12.3 Å². The molecule has 5 heteroatoms. The second kappa shape index (κ2) is 6.04. The lowest BCUT2D eigenvalue weighted by atomic mass is 10.2. The maximum Gasteiger partial charge on any atom is 0.219 e. The summed E-state index contributed by atoms with van der Waals surface area (Å²) in [7, 11) is 1.61. The maximum atomic E-state index is 9.40.